The van der Waals surface area contributed by atoms with Crippen LogP contribution in [0.4, 0.5) is 5.69 Å². The zero-order valence-electron chi connectivity index (χ0n) is 10.8. The molecule has 6 heteroatoms. The molecule has 1 fully saturated rings. The highest BCUT2D eigenvalue weighted by molar-refractivity contribution is 8.00. The molecule has 104 valence electrons. The number of hydrogen-bond donors (Lipinski definition) is 1. The largest absolute Gasteiger partial charge is 0.311 e. The van der Waals surface area contributed by atoms with E-state index in [1.807, 2.05) is 11.8 Å². The first-order valence-corrected chi connectivity index (χ1v) is 7.64. The van der Waals surface area contributed by atoms with E-state index in [2.05, 4.69) is 12.2 Å². The topological polar surface area (TPSA) is 55.2 Å². The second kappa shape index (κ2) is 6.11. The summed E-state index contributed by atoms with van der Waals surface area (Å²) in [6, 6.07) is 4.56. The lowest BCUT2D eigenvalue weighted by molar-refractivity contribution is -0.384. The molecule has 0 spiro atoms. The fourth-order valence-corrected chi connectivity index (χ4v) is 3.71. The summed E-state index contributed by atoms with van der Waals surface area (Å²) in [7, 11) is 0. The molecule has 0 bridgehead atoms. The Morgan fingerprint density at radius 1 is 1.58 bits per heavy atom. The Labute approximate surface area is 122 Å². The van der Waals surface area contributed by atoms with Crippen molar-refractivity contribution >= 4 is 29.1 Å². The molecule has 1 N–H and O–H groups in total. The molecule has 2 rings (SSSR count). The van der Waals surface area contributed by atoms with E-state index in [9.17, 15) is 10.1 Å². The van der Waals surface area contributed by atoms with Crippen LogP contribution in [0.15, 0.2) is 18.2 Å². The molecule has 1 heterocycles. The van der Waals surface area contributed by atoms with Gasteiger partial charge in [-0.3, -0.25) is 10.1 Å². The molecule has 0 amide bonds. The van der Waals surface area contributed by atoms with Gasteiger partial charge in [-0.25, -0.2) is 0 Å². The molecule has 1 atom stereocenters. The van der Waals surface area contributed by atoms with Crippen LogP contribution in [-0.2, 0) is 6.54 Å². The minimum Gasteiger partial charge on any atom is -0.311 e. The summed E-state index contributed by atoms with van der Waals surface area (Å²) in [6.45, 7) is 3.72. The zero-order chi connectivity index (χ0) is 13.9. The molecule has 0 aromatic heterocycles. The molecule has 1 unspecified atom stereocenters. The highest BCUT2D eigenvalue weighted by Gasteiger charge is 2.28. The van der Waals surface area contributed by atoms with Gasteiger partial charge in [0.15, 0.2) is 0 Å². The van der Waals surface area contributed by atoms with Crippen molar-refractivity contribution in [1.82, 2.24) is 5.32 Å². The second-order valence-electron chi connectivity index (χ2n) is 5.04. The number of benzene rings is 1. The summed E-state index contributed by atoms with van der Waals surface area (Å²) in [5.74, 6) is 1.22. The summed E-state index contributed by atoms with van der Waals surface area (Å²) in [5, 5.41) is 14.7. The summed E-state index contributed by atoms with van der Waals surface area (Å²) in [5.41, 5.74) is 0.866. The van der Waals surface area contributed by atoms with Crippen LogP contribution >= 0.6 is 23.4 Å². The third-order valence-electron chi connectivity index (χ3n) is 3.35. The Bertz CT molecular complexity index is 476. The Morgan fingerprint density at radius 3 is 3.00 bits per heavy atom. The number of hydrogen-bond acceptors (Lipinski definition) is 4. The van der Waals surface area contributed by atoms with Gasteiger partial charge in [-0.15, -0.1) is 0 Å². The lowest BCUT2D eigenvalue weighted by Crippen LogP contribution is -2.32. The van der Waals surface area contributed by atoms with Crippen LogP contribution in [0.25, 0.3) is 0 Å². The summed E-state index contributed by atoms with van der Waals surface area (Å²) < 4.78 is 0.285. The first-order valence-electron chi connectivity index (χ1n) is 6.28. The molecule has 4 nitrogen and oxygen atoms in total. The molecule has 1 aliphatic heterocycles. The van der Waals surface area contributed by atoms with E-state index in [1.54, 1.807) is 12.1 Å². The van der Waals surface area contributed by atoms with Crippen molar-refractivity contribution in [3.63, 3.8) is 0 Å². The number of halogens is 1. The van der Waals surface area contributed by atoms with Crippen molar-refractivity contribution in [3.05, 3.63) is 38.9 Å². The molecule has 19 heavy (non-hydrogen) atoms. The normalized spacial score (nSPS) is 22.6. The van der Waals surface area contributed by atoms with Crippen LogP contribution in [0.3, 0.4) is 0 Å². The quantitative estimate of drug-likeness (QED) is 0.666. The van der Waals surface area contributed by atoms with Crippen LogP contribution in [0.1, 0.15) is 25.3 Å². The smallest absolute Gasteiger partial charge is 0.269 e. The van der Waals surface area contributed by atoms with Crippen molar-refractivity contribution in [3.8, 4) is 0 Å². The fourth-order valence-electron chi connectivity index (χ4n) is 2.25. The van der Waals surface area contributed by atoms with Gasteiger partial charge in [0.1, 0.15) is 0 Å². The number of non-ortho nitro benzene ring substituents is 1. The SMILES string of the molecule is CC1(CNCc2cc([N+](=O)[O-])ccc2Cl)CCCS1. The summed E-state index contributed by atoms with van der Waals surface area (Å²) in [6.07, 6.45) is 2.48. The average molecular weight is 301 g/mol. The Kier molecular flexibility index (Phi) is 4.71. The molecule has 0 aliphatic carbocycles. The number of nitro groups is 1. The molecular weight excluding hydrogens is 284 g/mol. The maximum atomic E-state index is 10.7. The van der Waals surface area contributed by atoms with Gasteiger partial charge < -0.3 is 5.32 Å². The molecule has 1 saturated heterocycles. The van der Waals surface area contributed by atoms with Crippen molar-refractivity contribution < 1.29 is 4.92 Å². The predicted molar refractivity (Wildman–Crippen MR) is 79.9 cm³/mol. The Hall–Kier alpha value is -0.780. The summed E-state index contributed by atoms with van der Waals surface area (Å²) >= 11 is 8.05. The highest BCUT2D eigenvalue weighted by atomic mass is 35.5. The van der Waals surface area contributed by atoms with E-state index in [0.29, 0.717) is 11.6 Å². The standard InChI is InChI=1S/C13H17ClN2O2S/c1-13(5-2-6-19-13)9-15-8-10-7-11(16(17)18)3-4-12(10)14/h3-4,7,15H,2,5-6,8-9H2,1H3. The van der Waals surface area contributed by atoms with Crippen molar-refractivity contribution in [2.24, 2.45) is 0 Å². The Morgan fingerprint density at radius 2 is 2.37 bits per heavy atom. The highest BCUT2D eigenvalue weighted by Crippen LogP contribution is 2.37. The number of rotatable bonds is 5. The van der Waals surface area contributed by atoms with E-state index in [4.69, 9.17) is 11.6 Å². The predicted octanol–water partition coefficient (Wildman–Crippen LogP) is 3.62. The maximum Gasteiger partial charge on any atom is 0.269 e. The van der Waals surface area contributed by atoms with Gasteiger partial charge in [0, 0.05) is 35.0 Å². The van der Waals surface area contributed by atoms with Gasteiger partial charge in [-0.1, -0.05) is 11.6 Å². The lowest BCUT2D eigenvalue weighted by atomic mass is 10.1. The van der Waals surface area contributed by atoms with Gasteiger partial charge in [-0.05, 0) is 37.1 Å². The minimum atomic E-state index is -0.395. The molecule has 1 aliphatic rings. The van der Waals surface area contributed by atoms with E-state index in [-0.39, 0.29) is 10.4 Å². The number of nitro benzene ring substituents is 1. The van der Waals surface area contributed by atoms with Gasteiger partial charge in [-0.2, -0.15) is 11.8 Å². The second-order valence-corrected chi connectivity index (χ2v) is 7.13. The average Bonchev–Trinajstić information content (AvgIpc) is 2.78. The third kappa shape index (κ3) is 3.84. The van der Waals surface area contributed by atoms with Gasteiger partial charge in [0.2, 0.25) is 0 Å². The minimum absolute atomic E-state index is 0.0858. The van der Waals surface area contributed by atoms with Crippen LogP contribution in [0.2, 0.25) is 5.02 Å². The van der Waals surface area contributed by atoms with Crippen molar-refractivity contribution in [2.45, 2.75) is 31.1 Å². The van der Waals surface area contributed by atoms with Crippen molar-refractivity contribution in [2.75, 3.05) is 12.3 Å². The maximum absolute atomic E-state index is 10.7. The summed E-state index contributed by atoms with van der Waals surface area (Å²) in [4.78, 5) is 10.3. The first kappa shape index (κ1) is 14.6. The van der Waals surface area contributed by atoms with Gasteiger partial charge >= 0.3 is 0 Å². The number of thioether (sulfide) groups is 1. The van der Waals surface area contributed by atoms with E-state index in [0.717, 1.165) is 12.1 Å². The van der Waals surface area contributed by atoms with Gasteiger partial charge in [0.25, 0.3) is 5.69 Å². The first-order chi connectivity index (χ1) is 9.00. The molecular formula is C13H17ClN2O2S. The molecule has 1 aromatic carbocycles. The van der Waals surface area contributed by atoms with E-state index in [1.165, 1.54) is 24.7 Å². The molecule has 1 aromatic rings. The van der Waals surface area contributed by atoms with Crippen LogP contribution in [0.5, 0.6) is 0 Å². The third-order valence-corrected chi connectivity index (χ3v) is 5.26. The van der Waals surface area contributed by atoms with Crippen molar-refractivity contribution in [1.29, 1.82) is 0 Å². The van der Waals surface area contributed by atoms with Crippen LogP contribution < -0.4 is 5.32 Å². The van der Waals surface area contributed by atoms with Crippen LogP contribution in [0, 0.1) is 10.1 Å². The van der Waals surface area contributed by atoms with Crippen LogP contribution in [-0.4, -0.2) is 22.0 Å². The number of nitrogens with one attached hydrogen (secondary N) is 1. The Balaban J connectivity index is 1.95. The van der Waals surface area contributed by atoms with Gasteiger partial charge in [0.05, 0.1) is 4.92 Å². The number of nitrogens with zero attached hydrogens (tertiary/aromatic N) is 1. The lowest BCUT2D eigenvalue weighted by Gasteiger charge is -2.23. The zero-order valence-corrected chi connectivity index (χ0v) is 12.4. The molecule has 0 saturated carbocycles. The monoisotopic (exact) mass is 300 g/mol. The fraction of sp³-hybridized carbons (Fsp3) is 0.538. The van der Waals surface area contributed by atoms with E-state index >= 15 is 0 Å². The van der Waals surface area contributed by atoms with E-state index < -0.39 is 4.92 Å². The molecule has 0 radical (unpaired) electrons.